The summed E-state index contributed by atoms with van der Waals surface area (Å²) in [6, 6.07) is 6.92. The molecule has 6 nitrogen and oxygen atoms in total. The number of hydrogen-bond acceptors (Lipinski definition) is 6. The van der Waals surface area contributed by atoms with Crippen molar-refractivity contribution in [2.45, 2.75) is 39.5 Å². The van der Waals surface area contributed by atoms with Crippen LogP contribution >= 0.6 is 23.2 Å². The Hall–Kier alpha value is -2.44. The van der Waals surface area contributed by atoms with Crippen LogP contribution < -0.4 is 9.47 Å². The topological polar surface area (TPSA) is 70.8 Å². The fraction of sp³-hybridized carbons (Fsp3) is 0.391. The molecule has 166 valence electrons. The minimum atomic E-state index is -0.513. The zero-order valence-corrected chi connectivity index (χ0v) is 19.3. The van der Waals surface area contributed by atoms with Gasteiger partial charge < -0.3 is 18.7 Å². The van der Waals surface area contributed by atoms with Gasteiger partial charge in [0, 0.05) is 17.4 Å². The number of methoxy groups -OCH3 is 1. The second-order valence-corrected chi connectivity index (χ2v) is 7.78. The average molecular weight is 466 g/mol. The molecule has 0 aliphatic carbocycles. The third kappa shape index (κ3) is 5.25. The van der Waals surface area contributed by atoms with Crippen molar-refractivity contribution in [3.63, 3.8) is 0 Å². The highest BCUT2D eigenvalue weighted by Crippen LogP contribution is 2.35. The Morgan fingerprint density at radius 3 is 2.45 bits per heavy atom. The zero-order chi connectivity index (χ0) is 22.4. The van der Waals surface area contributed by atoms with Crippen LogP contribution in [0.2, 0.25) is 10.0 Å². The molecule has 1 aromatic heterocycles. The first kappa shape index (κ1) is 23.2. The third-order valence-electron chi connectivity index (χ3n) is 4.82. The number of aryl methyl sites for hydroxylation is 2. The molecular formula is C23H25Cl2NO5. The maximum atomic E-state index is 11.6. The molecule has 0 fully saturated rings. The molecule has 3 rings (SSSR count). The number of hydrogen-bond donors (Lipinski definition) is 0. The van der Waals surface area contributed by atoms with Gasteiger partial charge in [0.15, 0.2) is 11.3 Å². The van der Waals surface area contributed by atoms with E-state index in [1.54, 1.807) is 0 Å². The molecule has 1 heterocycles. The first-order chi connectivity index (χ1) is 15.0. The van der Waals surface area contributed by atoms with E-state index < -0.39 is 5.97 Å². The maximum Gasteiger partial charge on any atom is 0.337 e. The highest BCUT2D eigenvalue weighted by atomic mass is 35.5. The van der Waals surface area contributed by atoms with Crippen molar-refractivity contribution in [2.75, 3.05) is 20.3 Å². The van der Waals surface area contributed by atoms with E-state index in [0.29, 0.717) is 25.4 Å². The van der Waals surface area contributed by atoms with Crippen molar-refractivity contribution in [1.29, 1.82) is 0 Å². The van der Waals surface area contributed by atoms with E-state index in [9.17, 15) is 4.79 Å². The van der Waals surface area contributed by atoms with Gasteiger partial charge in [-0.3, -0.25) is 0 Å². The number of ether oxygens (including phenoxy) is 3. The SMILES string of the molecule is CCCc1c(OCCCOc2c(Cl)cc(C(=O)OC)cc2Cl)ccc2c(CC)noc12. The fourth-order valence-electron chi connectivity index (χ4n) is 3.32. The van der Waals surface area contributed by atoms with Crippen LogP contribution in [0.5, 0.6) is 11.5 Å². The Bertz CT molecular complexity index is 1040. The Balaban J connectivity index is 1.61. The predicted molar refractivity (Wildman–Crippen MR) is 121 cm³/mol. The van der Waals surface area contributed by atoms with Crippen LogP contribution in [0.15, 0.2) is 28.8 Å². The number of nitrogens with zero attached hydrogens (tertiary/aromatic N) is 1. The fourth-order valence-corrected chi connectivity index (χ4v) is 3.91. The lowest BCUT2D eigenvalue weighted by Crippen LogP contribution is -2.07. The number of benzene rings is 2. The highest BCUT2D eigenvalue weighted by Gasteiger charge is 2.16. The third-order valence-corrected chi connectivity index (χ3v) is 5.38. The molecule has 0 saturated carbocycles. The number of rotatable bonds is 10. The van der Waals surface area contributed by atoms with Crippen LogP contribution in [0, 0.1) is 0 Å². The second kappa shape index (κ2) is 10.7. The van der Waals surface area contributed by atoms with Crippen LogP contribution in [0.4, 0.5) is 0 Å². The van der Waals surface area contributed by atoms with Crippen molar-refractivity contribution in [3.05, 3.63) is 51.1 Å². The number of fused-ring (bicyclic) bond motifs is 1. The normalized spacial score (nSPS) is 11.0. The molecule has 0 aliphatic rings. The molecule has 0 bridgehead atoms. The van der Waals surface area contributed by atoms with E-state index >= 15 is 0 Å². The molecular weight excluding hydrogens is 441 g/mol. The molecule has 0 amide bonds. The lowest BCUT2D eigenvalue weighted by atomic mass is 10.0. The standard InChI is InChI=1S/C23H25Cl2NO5/c1-4-7-16-20(9-8-15-19(5-2)26-31-21(15)16)29-10-6-11-30-22-17(24)12-14(13-18(22)25)23(27)28-3/h8-9,12-13H,4-7,10-11H2,1-3H3. The van der Waals surface area contributed by atoms with Crippen LogP contribution in [0.3, 0.4) is 0 Å². The Morgan fingerprint density at radius 2 is 1.81 bits per heavy atom. The molecule has 8 heteroatoms. The van der Waals surface area contributed by atoms with Gasteiger partial charge in [0.2, 0.25) is 0 Å². The summed E-state index contributed by atoms with van der Waals surface area (Å²) in [6.45, 7) is 4.98. The van der Waals surface area contributed by atoms with Gasteiger partial charge in [0.25, 0.3) is 0 Å². The Morgan fingerprint density at radius 1 is 1.10 bits per heavy atom. The number of esters is 1. The van der Waals surface area contributed by atoms with Gasteiger partial charge in [-0.15, -0.1) is 0 Å². The molecule has 0 unspecified atom stereocenters. The molecule has 31 heavy (non-hydrogen) atoms. The molecule has 0 saturated heterocycles. The molecule has 3 aromatic rings. The first-order valence-corrected chi connectivity index (χ1v) is 11.0. The largest absolute Gasteiger partial charge is 0.493 e. The van der Waals surface area contributed by atoms with Gasteiger partial charge in [-0.25, -0.2) is 4.79 Å². The van der Waals surface area contributed by atoms with Crippen molar-refractivity contribution in [1.82, 2.24) is 5.16 Å². The molecule has 0 atom stereocenters. The summed E-state index contributed by atoms with van der Waals surface area (Å²) in [5, 5.41) is 5.72. The quantitative estimate of drug-likeness (QED) is 0.259. The van der Waals surface area contributed by atoms with Crippen LogP contribution in [-0.2, 0) is 17.6 Å². The monoisotopic (exact) mass is 465 g/mol. The smallest absolute Gasteiger partial charge is 0.337 e. The van der Waals surface area contributed by atoms with E-state index in [1.807, 2.05) is 12.1 Å². The molecule has 0 aliphatic heterocycles. The minimum Gasteiger partial charge on any atom is -0.493 e. The average Bonchev–Trinajstić information content (AvgIpc) is 3.19. The van der Waals surface area contributed by atoms with E-state index in [4.69, 9.17) is 37.2 Å². The van der Waals surface area contributed by atoms with Crippen molar-refractivity contribution < 1.29 is 23.5 Å². The summed E-state index contributed by atoms with van der Waals surface area (Å²) in [5.74, 6) is 0.617. The van der Waals surface area contributed by atoms with E-state index in [2.05, 4.69) is 23.7 Å². The van der Waals surface area contributed by atoms with Crippen molar-refractivity contribution in [2.24, 2.45) is 0 Å². The Labute approximate surface area is 191 Å². The van der Waals surface area contributed by atoms with E-state index in [0.717, 1.165) is 47.2 Å². The first-order valence-electron chi connectivity index (χ1n) is 10.2. The lowest BCUT2D eigenvalue weighted by Gasteiger charge is -2.13. The van der Waals surface area contributed by atoms with Crippen LogP contribution in [0.1, 0.15) is 48.3 Å². The number of carbonyl (C=O) groups is 1. The van der Waals surface area contributed by atoms with Gasteiger partial charge in [0.05, 0.1) is 41.6 Å². The summed E-state index contributed by atoms with van der Waals surface area (Å²) >= 11 is 12.4. The number of carbonyl (C=O) groups excluding carboxylic acids is 1. The molecule has 0 radical (unpaired) electrons. The van der Waals surface area contributed by atoms with E-state index in [-0.39, 0.29) is 15.6 Å². The minimum absolute atomic E-state index is 0.251. The summed E-state index contributed by atoms with van der Waals surface area (Å²) in [4.78, 5) is 11.6. The Kier molecular flexibility index (Phi) is 8.04. The van der Waals surface area contributed by atoms with Crippen LogP contribution in [-0.4, -0.2) is 31.4 Å². The molecule has 0 spiro atoms. The summed E-state index contributed by atoms with van der Waals surface area (Å²) < 4.78 is 22.0. The number of aromatic nitrogens is 1. The number of halogens is 2. The van der Waals surface area contributed by atoms with Gasteiger partial charge in [-0.05, 0) is 37.1 Å². The lowest BCUT2D eigenvalue weighted by molar-refractivity contribution is 0.0600. The zero-order valence-electron chi connectivity index (χ0n) is 17.8. The second-order valence-electron chi connectivity index (χ2n) is 6.96. The summed E-state index contributed by atoms with van der Waals surface area (Å²) in [6.07, 6.45) is 3.26. The van der Waals surface area contributed by atoms with E-state index in [1.165, 1.54) is 19.2 Å². The van der Waals surface area contributed by atoms with Crippen LogP contribution in [0.25, 0.3) is 11.0 Å². The highest BCUT2D eigenvalue weighted by molar-refractivity contribution is 6.37. The predicted octanol–water partition coefficient (Wildman–Crippen LogP) is 6.28. The molecule has 0 N–H and O–H groups in total. The maximum absolute atomic E-state index is 11.6. The molecule has 2 aromatic carbocycles. The van der Waals surface area contributed by atoms with Gasteiger partial charge >= 0.3 is 5.97 Å². The summed E-state index contributed by atoms with van der Waals surface area (Å²) in [7, 11) is 1.29. The van der Waals surface area contributed by atoms with Gasteiger partial charge in [0.1, 0.15) is 5.75 Å². The van der Waals surface area contributed by atoms with Gasteiger partial charge in [-0.1, -0.05) is 48.6 Å². The van der Waals surface area contributed by atoms with Gasteiger partial charge in [-0.2, -0.15) is 0 Å². The van der Waals surface area contributed by atoms with Crippen molar-refractivity contribution >= 4 is 40.1 Å². The van der Waals surface area contributed by atoms with Crippen molar-refractivity contribution in [3.8, 4) is 11.5 Å². The summed E-state index contributed by atoms with van der Waals surface area (Å²) in [5.41, 5.74) is 3.07.